The Balaban J connectivity index is 1.84. The molecule has 0 radical (unpaired) electrons. The summed E-state index contributed by atoms with van der Waals surface area (Å²) in [6.45, 7) is 1.05. The molecule has 1 fully saturated rings. The zero-order valence-electron chi connectivity index (χ0n) is 14.9. The Morgan fingerprint density at radius 3 is 2.56 bits per heavy atom. The van der Waals surface area contributed by atoms with Crippen LogP contribution in [0.15, 0.2) is 47.4 Å². The number of carbonyl (C=O) groups is 1. The minimum absolute atomic E-state index is 0.167. The number of ether oxygens (including phenoxy) is 1. The Labute approximate surface area is 164 Å². The summed E-state index contributed by atoms with van der Waals surface area (Å²) >= 11 is 5.97. The van der Waals surface area contributed by atoms with E-state index in [9.17, 15) is 13.2 Å². The number of halogens is 1. The van der Waals surface area contributed by atoms with Crippen LogP contribution in [0, 0.1) is 0 Å². The van der Waals surface area contributed by atoms with Crippen LogP contribution in [0.3, 0.4) is 0 Å². The lowest BCUT2D eigenvalue weighted by molar-refractivity contribution is 0.102. The largest absolute Gasteiger partial charge is 0.496 e. The highest BCUT2D eigenvalue weighted by Gasteiger charge is 2.26. The van der Waals surface area contributed by atoms with Crippen LogP contribution in [-0.4, -0.2) is 38.8 Å². The van der Waals surface area contributed by atoms with Crippen molar-refractivity contribution in [1.29, 1.82) is 0 Å². The van der Waals surface area contributed by atoms with Gasteiger partial charge in [0.1, 0.15) is 5.75 Å². The van der Waals surface area contributed by atoms with Crippen molar-refractivity contribution in [3.05, 3.63) is 53.1 Å². The van der Waals surface area contributed by atoms with Crippen LogP contribution >= 0.6 is 11.6 Å². The Morgan fingerprint density at radius 2 is 1.85 bits per heavy atom. The number of hydrogen-bond acceptors (Lipinski definition) is 4. The molecule has 0 spiro atoms. The van der Waals surface area contributed by atoms with E-state index in [1.165, 1.54) is 23.5 Å². The van der Waals surface area contributed by atoms with Crippen LogP contribution in [0.4, 0.5) is 5.69 Å². The highest BCUT2D eigenvalue weighted by molar-refractivity contribution is 7.89. The normalized spacial score (nSPS) is 15.3. The first-order valence-corrected chi connectivity index (χ1v) is 10.5. The molecule has 0 bridgehead atoms. The summed E-state index contributed by atoms with van der Waals surface area (Å²) < 4.78 is 32.3. The molecule has 27 heavy (non-hydrogen) atoms. The van der Waals surface area contributed by atoms with Gasteiger partial charge in [0.05, 0.1) is 17.6 Å². The quantitative estimate of drug-likeness (QED) is 0.816. The van der Waals surface area contributed by atoms with E-state index in [1.807, 2.05) is 0 Å². The number of piperidine rings is 1. The number of nitrogens with zero attached hydrogens (tertiary/aromatic N) is 1. The van der Waals surface area contributed by atoms with E-state index in [1.54, 1.807) is 30.3 Å². The monoisotopic (exact) mass is 408 g/mol. The molecule has 144 valence electrons. The maximum Gasteiger partial charge on any atom is 0.259 e. The fourth-order valence-electron chi connectivity index (χ4n) is 3.04. The highest BCUT2D eigenvalue weighted by atomic mass is 35.5. The average Bonchev–Trinajstić information content (AvgIpc) is 2.69. The predicted octanol–water partition coefficient (Wildman–Crippen LogP) is 3.78. The Hall–Kier alpha value is -2.09. The number of methoxy groups -OCH3 is 1. The second-order valence-corrected chi connectivity index (χ2v) is 8.67. The molecule has 0 saturated carbocycles. The fraction of sp³-hybridized carbons (Fsp3) is 0.316. The van der Waals surface area contributed by atoms with E-state index < -0.39 is 15.9 Å². The predicted molar refractivity (Wildman–Crippen MR) is 105 cm³/mol. The summed E-state index contributed by atoms with van der Waals surface area (Å²) in [7, 11) is -2.10. The number of hydrogen-bond donors (Lipinski definition) is 1. The Morgan fingerprint density at radius 1 is 1.11 bits per heavy atom. The van der Waals surface area contributed by atoms with Crippen LogP contribution in [0.1, 0.15) is 29.6 Å². The molecule has 0 atom stereocenters. The third-order valence-electron chi connectivity index (χ3n) is 4.45. The molecule has 6 nitrogen and oxygen atoms in total. The molecule has 1 amide bonds. The van der Waals surface area contributed by atoms with Gasteiger partial charge >= 0.3 is 0 Å². The van der Waals surface area contributed by atoms with E-state index in [0.717, 1.165) is 19.3 Å². The van der Waals surface area contributed by atoms with Crippen LogP contribution in [-0.2, 0) is 10.0 Å². The molecule has 0 aliphatic carbocycles. The first-order chi connectivity index (χ1) is 12.9. The molecule has 1 N–H and O–H groups in total. The van der Waals surface area contributed by atoms with Crippen LogP contribution in [0.25, 0.3) is 0 Å². The zero-order chi connectivity index (χ0) is 19.4. The van der Waals surface area contributed by atoms with Gasteiger partial charge in [0.2, 0.25) is 10.0 Å². The number of nitrogens with one attached hydrogen (secondary N) is 1. The van der Waals surface area contributed by atoms with Gasteiger partial charge in [0.15, 0.2) is 0 Å². The van der Waals surface area contributed by atoms with Gasteiger partial charge in [-0.25, -0.2) is 8.42 Å². The molecule has 2 aromatic rings. The maximum absolute atomic E-state index is 12.8. The fourth-order valence-corrected chi connectivity index (χ4v) is 4.78. The number of amides is 1. The molecule has 0 aromatic heterocycles. The van der Waals surface area contributed by atoms with Gasteiger partial charge in [-0.05, 0) is 49.2 Å². The first-order valence-electron chi connectivity index (χ1n) is 8.67. The van der Waals surface area contributed by atoms with Crippen molar-refractivity contribution >= 4 is 33.2 Å². The lowest BCUT2D eigenvalue weighted by Crippen LogP contribution is -2.35. The number of rotatable bonds is 5. The van der Waals surface area contributed by atoms with Gasteiger partial charge in [0.25, 0.3) is 5.91 Å². The molecule has 2 aromatic carbocycles. The number of sulfonamides is 1. The third-order valence-corrected chi connectivity index (χ3v) is 6.58. The summed E-state index contributed by atoms with van der Waals surface area (Å²) in [6.07, 6.45) is 2.78. The second-order valence-electron chi connectivity index (χ2n) is 6.29. The highest BCUT2D eigenvalue weighted by Crippen LogP contribution is 2.26. The van der Waals surface area contributed by atoms with Crippen LogP contribution < -0.4 is 10.1 Å². The van der Waals surface area contributed by atoms with Gasteiger partial charge in [-0.2, -0.15) is 4.31 Å². The second kappa shape index (κ2) is 8.29. The van der Waals surface area contributed by atoms with Crippen molar-refractivity contribution in [2.45, 2.75) is 24.2 Å². The summed E-state index contributed by atoms with van der Waals surface area (Å²) in [5, 5.41) is 3.12. The molecule has 1 heterocycles. The molecular formula is C19H21ClN2O4S. The molecular weight excluding hydrogens is 388 g/mol. The summed E-state index contributed by atoms with van der Waals surface area (Å²) in [6, 6.07) is 11.0. The van der Waals surface area contributed by atoms with Crippen molar-refractivity contribution < 1.29 is 17.9 Å². The van der Waals surface area contributed by atoms with E-state index in [-0.39, 0.29) is 10.5 Å². The number of benzene rings is 2. The Kier molecular flexibility index (Phi) is 6.04. The van der Waals surface area contributed by atoms with Gasteiger partial charge in [-0.3, -0.25) is 4.79 Å². The van der Waals surface area contributed by atoms with Gasteiger partial charge in [0, 0.05) is 23.8 Å². The van der Waals surface area contributed by atoms with Crippen molar-refractivity contribution in [1.82, 2.24) is 4.31 Å². The molecule has 1 saturated heterocycles. The summed E-state index contributed by atoms with van der Waals surface area (Å²) in [4.78, 5) is 12.8. The van der Waals surface area contributed by atoms with E-state index in [4.69, 9.17) is 16.3 Å². The number of anilines is 1. The molecule has 0 unspecified atom stereocenters. The SMILES string of the molecule is COc1ccc(Cl)cc1C(=O)Nc1cccc(S(=O)(=O)N2CCCCC2)c1. The minimum Gasteiger partial charge on any atom is -0.496 e. The first kappa shape index (κ1) is 19.7. The summed E-state index contributed by atoms with van der Waals surface area (Å²) in [5.74, 6) is -0.0455. The lowest BCUT2D eigenvalue weighted by atomic mass is 10.2. The van der Waals surface area contributed by atoms with E-state index in [0.29, 0.717) is 29.5 Å². The number of carbonyl (C=O) groups excluding carboxylic acids is 1. The van der Waals surface area contributed by atoms with Crippen LogP contribution in [0.5, 0.6) is 5.75 Å². The smallest absolute Gasteiger partial charge is 0.259 e. The molecule has 1 aliphatic rings. The van der Waals surface area contributed by atoms with Gasteiger partial charge in [-0.15, -0.1) is 0 Å². The van der Waals surface area contributed by atoms with E-state index in [2.05, 4.69) is 5.32 Å². The standard InChI is InChI=1S/C19H21ClN2O4S/c1-26-18-9-8-14(20)12-17(18)19(23)21-15-6-5-7-16(13-15)27(24,25)22-10-3-2-4-11-22/h5-9,12-13H,2-4,10-11H2,1H3,(H,21,23). The van der Waals surface area contributed by atoms with Gasteiger partial charge in [-0.1, -0.05) is 24.1 Å². The zero-order valence-corrected chi connectivity index (χ0v) is 16.5. The maximum atomic E-state index is 12.8. The molecule has 1 aliphatic heterocycles. The van der Waals surface area contributed by atoms with Gasteiger partial charge < -0.3 is 10.1 Å². The molecule has 3 rings (SSSR count). The Bertz CT molecular complexity index is 940. The van der Waals surface area contributed by atoms with Crippen LogP contribution in [0.2, 0.25) is 5.02 Å². The average molecular weight is 409 g/mol. The van der Waals surface area contributed by atoms with E-state index >= 15 is 0 Å². The van der Waals surface area contributed by atoms with Crippen molar-refractivity contribution in [3.63, 3.8) is 0 Å². The minimum atomic E-state index is -3.57. The topological polar surface area (TPSA) is 75.7 Å². The lowest BCUT2D eigenvalue weighted by Gasteiger charge is -2.26. The van der Waals surface area contributed by atoms with Crippen molar-refractivity contribution in [2.24, 2.45) is 0 Å². The summed E-state index contributed by atoms with van der Waals surface area (Å²) in [5.41, 5.74) is 0.661. The van der Waals surface area contributed by atoms with Crippen molar-refractivity contribution in [3.8, 4) is 5.75 Å². The molecule has 8 heteroatoms. The van der Waals surface area contributed by atoms with Crippen molar-refractivity contribution in [2.75, 3.05) is 25.5 Å². The third kappa shape index (κ3) is 4.43.